The van der Waals surface area contributed by atoms with Crippen molar-refractivity contribution in [1.29, 1.82) is 0 Å². The van der Waals surface area contributed by atoms with Crippen LogP contribution in [0.25, 0.3) is 0 Å². The maximum absolute atomic E-state index is 11.7. The summed E-state index contributed by atoms with van der Waals surface area (Å²) >= 11 is 0. The SMILES string of the molecule is CC(C)CC(C(=O)O)N(C)C(=O)OC(C)(C)C.CC(O)C(=O)O. The van der Waals surface area contributed by atoms with E-state index in [0.29, 0.717) is 6.42 Å². The number of nitrogens with zero attached hydrogens (tertiary/aromatic N) is 1. The van der Waals surface area contributed by atoms with Gasteiger partial charge in [0.2, 0.25) is 0 Å². The van der Waals surface area contributed by atoms with Gasteiger partial charge in [-0.1, -0.05) is 13.8 Å². The van der Waals surface area contributed by atoms with E-state index in [9.17, 15) is 14.4 Å². The van der Waals surface area contributed by atoms with Gasteiger partial charge in [0.05, 0.1) is 0 Å². The Hall–Kier alpha value is -1.83. The van der Waals surface area contributed by atoms with Gasteiger partial charge in [0, 0.05) is 7.05 Å². The Morgan fingerprint density at radius 2 is 1.43 bits per heavy atom. The summed E-state index contributed by atoms with van der Waals surface area (Å²) in [7, 11) is 1.45. The van der Waals surface area contributed by atoms with Crippen molar-refractivity contribution in [2.75, 3.05) is 7.05 Å². The molecule has 0 aromatic heterocycles. The lowest BCUT2D eigenvalue weighted by Crippen LogP contribution is -2.45. The zero-order valence-electron chi connectivity index (χ0n) is 14.9. The zero-order chi connectivity index (χ0) is 19.0. The van der Waals surface area contributed by atoms with Crippen LogP contribution in [0.1, 0.15) is 48.0 Å². The highest BCUT2D eigenvalue weighted by Crippen LogP contribution is 2.15. The standard InChI is InChI=1S/C12H23NO4.C3H6O3/c1-8(2)7-9(10(14)15)13(6)11(16)17-12(3,4)5;1-2(4)3(5)6/h8-9H,7H2,1-6H3,(H,14,15);2,4H,1H3,(H,5,6). The van der Waals surface area contributed by atoms with Crippen molar-refractivity contribution in [2.24, 2.45) is 5.92 Å². The summed E-state index contributed by atoms with van der Waals surface area (Å²) in [6, 6.07) is -0.843. The van der Waals surface area contributed by atoms with Crippen molar-refractivity contribution in [2.45, 2.75) is 65.7 Å². The lowest BCUT2D eigenvalue weighted by Gasteiger charge is -2.29. The van der Waals surface area contributed by atoms with E-state index in [4.69, 9.17) is 20.1 Å². The Labute approximate surface area is 137 Å². The number of likely N-dealkylation sites (N-methyl/N-ethyl adjacent to an activating group) is 1. The van der Waals surface area contributed by atoms with Crippen molar-refractivity contribution in [1.82, 2.24) is 4.90 Å². The number of ether oxygens (including phenoxy) is 1. The highest BCUT2D eigenvalue weighted by molar-refractivity contribution is 5.80. The van der Waals surface area contributed by atoms with Gasteiger partial charge in [0.15, 0.2) is 0 Å². The van der Waals surface area contributed by atoms with Crippen LogP contribution in [-0.2, 0) is 14.3 Å². The van der Waals surface area contributed by atoms with Crippen LogP contribution in [-0.4, -0.2) is 63.0 Å². The van der Waals surface area contributed by atoms with Crippen LogP contribution >= 0.6 is 0 Å². The molecular weight excluding hydrogens is 306 g/mol. The average Bonchev–Trinajstić information content (AvgIpc) is 2.33. The fourth-order valence-corrected chi connectivity index (χ4v) is 1.33. The molecule has 2 unspecified atom stereocenters. The monoisotopic (exact) mass is 335 g/mol. The van der Waals surface area contributed by atoms with Gasteiger partial charge in [-0.05, 0) is 40.0 Å². The average molecular weight is 335 g/mol. The number of hydrogen-bond acceptors (Lipinski definition) is 5. The molecule has 0 aromatic carbocycles. The fourth-order valence-electron chi connectivity index (χ4n) is 1.33. The summed E-state index contributed by atoms with van der Waals surface area (Å²) in [6.45, 7) is 10.3. The van der Waals surface area contributed by atoms with Crippen LogP contribution in [0.5, 0.6) is 0 Å². The fraction of sp³-hybridized carbons (Fsp3) is 0.800. The number of carboxylic acid groups (broad SMARTS) is 2. The molecule has 0 aliphatic carbocycles. The lowest BCUT2D eigenvalue weighted by molar-refractivity contribution is -0.145. The molecular formula is C15H29NO7. The quantitative estimate of drug-likeness (QED) is 0.699. The summed E-state index contributed by atoms with van der Waals surface area (Å²) in [5.74, 6) is -2.00. The molecule has 0 fully saturated rings. The molecule has 0 heterocycles. The van der Waals surface area contributed by atoms with E-state index in [1.807, 2.05) is 13.8 Å². The molecule has 8 heteroatoms. The molecule has 0 aliphatic heterocycles. The summed E-state index contributed by atoms with van der Waals surface area (Å²) in [4.78, 5) is 33.4. The van der Waals surface area contributed by atoms with Crippen molar-refractivity contribution < 1.29 is 34.4 Å². The second-order valence-corrected chi connectivity index (χ2v) is 6.59. The molecule has 136 valence electrons. The van der Waals surface area contributed by atoms with Crippen molar-refractivity contribution >= 4 is 18.0 Å². The predicted molar refractivity (Wildman–Crippen MR) is 84.2 cm³/mol. The third kappa shape index (κ3) is 12.4. The molecule has 1 amide bonds. The van der Waals surface area contributed by atoms with Crippen LogP contribution in [0.15, 0.2) is 0 Å². The predicted octanol–water partition coefficient (Wildman–Crippen LogP) is 1.80. The number of amides is 1. The van der Waals surface area contributed by atoms with E-state index in [1.54, 1.807) is 20.8 Å². The Morgan fingerprint density at radius 1 is 1.04 bits per heavy atom. The number of aliphatic carboxylic acids is 2. The summed E-state index contributed by atoms with van der Waals surface area (Å²) < 4.78 is 5.14. The molecule has 0 bridgehead atoms. The molecule has 0 aliphatic rings. The minimum Gasteiger partial charge on any atom is -0.480 e. The van der Waals surface area contributed by atoms with Crippen LogP contribution in [0.3, 0.4) is 0 Å². The molecule has 0 rings (SSSR count). The van der Waals surface area contributed by atoms with Gasteiger partial charge in [-0.3, -0.25) is 4.90 Å². The molecule has 0 aromatic rings. The topological polar surface area (TPSA) is 124 Å². The van der Waals surface area contributed by atoms with Gasteiger partial charge in [0.25, 0.3) is 0 Å². The van der Waals surface area contributed by atoms with Crippen molar-refractivity contribution in [3.8, 4) is 0 Å². The number of carboxylic acids is 2. The normalized spacial score (nSPS) is 13.4. The number of hydrogen-bond donors (Lipinski definition) is 3. The zero-order valence-corrected chi connectivity index (χ0v) is 14.9. The third-order valence-electron chi connectivity index (χ3n) is 2.49. The molecule has 0 saturated carbocycles. The number of rotatable bonds is 5. The smallest absolute Gasteiger partial charge is 0.410 e. The second kappa shape index (κ2) is 10.0. The molecule has 0 radical (unpaired) electrons. The number of aliphatic hydroxyl groups is 1. The number of aliphatic hydroxyl groups excluding tert-OH is 1. The van der Waals surface area contributed by atoms with E-state index in [0.717, 1.165) is 4.90 Å². The molecule has 23 heavy (non-hydrogen) atoms. The van der Waals surface area contributed by atoms with E-state index in [1.165, 1.54) is 14.0 Å². The van der Waals surface area contributed by atoms with E-state index >= 15 is 0 Å². The molecule has 0 spiro atoms. The Kier molecular flexibility index (Phi) is 10.2. The number of carbonyl (C=O) groups is 3. The first-order valence-electron chi connectivity index (χ1n) is 7.28. The molecule has 0 saturated heterocycles. The highest BCUT2D eigenvalue weighted by atomic mass is 16.6. The first-order valence-corrected chi connectivity index (χ1v) is 7.28. The van der Waals surface area contributed by atoms with Crippen LogP contribution in [0.4, 0.5) is 4.79 Å². The minimum absolute atomic E-state index is 0.195. The van der Waals surface area contributed by atoms with E-state index in [-0.39, 0.29) is 5.92 Å². The molecule has 2 atom stereocenters. The summed E-state index contributed by atoms with van der Waals surface area (Å²) in [5, 5.41) is 24.9. The van der Waals surface area contributed by atoms with Crippen LogP contribution < -0.4 is 0 Å². The lowest BCUT2D eigenvalue weighted by atomic mass is 10.0. The van der Waals surface area contributed by atoms with Gasteiger partial charge < -0.3 is 20.1 Å². The van der Waals surface area contributed by atoms with Crippen molar-refractivity contribution in [3.05, 3.63) is 0 Å². The number of carbonyl (C=O) groups excluding carboxylic acids is 1. The first kappa shape index (κ1) is 23.4. The Balaban J connectivity index is 0. The molecule has 8 nitrogen and oxygen atoms in total. The van der Waals surface area contributed by atoms with E-state index < -0.39 is 35.8 Å². The maximum atomic E-state index is 11.7. The van der Waals surface area contributed by atoms with Gasteiger partial charge in [-0.15, -0.1) is 0 Å². The van der Waals surface area contributed by atoms with Gasteiger partial charge >= 0.3 is 18.0 Å². The largest absolute Gasteiger partial charge is 0.480 e. The summed E-state index contributed by atoms with van der Waals surface area (Å²) in [5.41, 5.74) is -0.619. The van der Waals surface area contributed by atoms with Gasteiger partial charge in [-0.25, -0.2) is 14.4 Å². The van der Waals surface area contributed by atoms with Crippen LogP contribution in [0.2, 0.25) is 0 Å². The van der Waals surface area contributed by atoms with Gasteiger partial charge in [0.1, 0.15) is 17.7 Å². The summed E-state index contributed by atoms with van der Waals surface area (Å²) in [6.07, 6.45) is -1.43. The van der Waals surface area contributed by atoms with Crippen LogP contribution in [0, 0.1) is 5.92 Å². The van der Waals surface area contributed by atoms with E-state index in [2.05, 4.69) is 0 Å². The third-order valence-corrected chi connectivity index (χ3v) is 2.49. The maximum Gasteiger partial charge on any atom is 0.410 e. The highest BCUT2D eigenvalue weighted by Gasteiger charge is 2.30. The second-order valence-electron chi connectivity index (χ2n) is 6.59. The molecule has 3 N–H and O–H groups in total. The minimum atomic E-state index is -1.23. The first-order chi connectivity index (χ1) is 10.2. The Morgan fingerprint density at radius 3 is 1.65 bits per heavy atom. The Bertz CT molecular complexity index is 399. The van der Waals surface area contributed by atoms with Gasteiger partial charge in [-0.2, -0.15) is 0 Å². The van der Waals surface area contributed by atoms with Crippen molar-refractivity contribution in [3.63, 3.8) is 0 Å².